The van der Waals surface area contributed by atoms with Crippen molar-refractivity contribution in [3.63, 3.8) is 0 Å². The second-order valence-corrected chi connectivity index (χ2v) is 11.1. The maximum absolute atomic E-state index is 12.6. The van der Waals surface area contributed by atoms with E-state index in [4.69, 9.17) is 14.2 Å². The third kappa shape index (κ3) is 8.23. The van der Waals surface area contributed by atoms with Crippen molar-refractivity contribution in [2.24, 2.45) is 17.8 Å². The molecule has 39 heavy (non-hydrogen) atoms. The molecule has 1 aliphatic rings. The molecule has 0 aromatic heterocycles. The van der Waals surface area contributed by atoms with E-state index in [0.717, 1.165) is 48.3 Å². The van der Waals surface area contributed by atoms with E-state index in [0.29, 0.717) is 35.7 Å². The van der Waals surface area contributed by atoms with Crippen molar-refractivity contribution in [1.29, 1.82) is 0 Å². The maximum Gasteiger partial charge on any atom is 0.343 e. The Morgan fingerprint density at radius 2 is 1.49 bits per heavy atom. The largest absolute Gasteiger partial charge is 0.494 e. The molecule has 4 heteroatoms. The zero-order valence-corrected chi connectivity index (χ0v) is 23.6. The zero-order valence-electron chi connectivity index (χ0n) is 23.6. The molecule has 1 aliphatic carbocycles. The maximum atomic E-state index is 12.6. The van der Waals surface area contributed by atoms with Crippen LogP contribution >= 0.6 is 0 Å². The normalized spacial score (nSPS) is 18.9. The Hall–Kier alpha value is -3.53. The van der Waals surface area contributed by atoms with Gasteiger partial charge in [-0.15, -0.1) is 6.58 Å². The average molecular weight is 527 g/mol. The number of esters is 1. The summed E-state index contributed by atoms with van der Waals surface area (Å²) in [4.78, 5) is 12.6. The average Bonchev–Trinajstić information content (AvgIpc) is 2.94. The minimum atomic E-state index is -0.390. The third-order valence-electron chi connectivity index (χ3n) is 7.66. The number of unbranched alkanes of at least 4 members (excludes halogenated alkanes) is 2. The van der Waals surface area contributed by atoms with Crippen LogP contribution in [0.2, 0.25) is 0 Å². The van der Waals surface area contributed by atoms with Crippen LogP contribution in [-0.2, 0) is 0 Å². The summed E-state index contributed by atoms with van der Waals surface area (Å²) in [5.74, 6) is 3.76. The Bertz CT molecular complexity index is 1180. The summed E-state index contributed by atoms with van der Waals surface area (Å²) < 4.78 is 17.8. The smallest absolute Gasteiger partial charge is 0.343 e. The molecule has 3 atom stereocenters. The second-order valence-electron chi connectivity index (χ2n) is 11.1. The number of carbonyl (C=O) groups is 1. The van der Waals surface area contributed by atoms with Crippen molar-refractivity contribution in [2.45, 2.75) is 65.4 Å². The summed E-state index contributed by atoms with van der Waals surface area (Å²) in [6.45, 7) is 11.3. The van der Waals surface area contributed by atoms with Crippen molar-refractivity contribution in [3.05, 3.63) is 91.0 Å². The monoisotopic (exact) mass is 526 g/mol. The van der Waals surface area contributed by atoms with Crippen molar-refractivity contribution >= 4 is 5.97 Å². The number of benzene rings is 3. The van der Waals surface area contributed by atoms with Gasteiger partial charge in [-0.25, -0.2) is 4.79 Å². The first-order valence-corrected chi connectivity index (χ1v) is 14.4. The van der Waals surface area contributed by atoms with Gasteiger partial charge < -0.3 is 14.2 Å². The summed E-state index contributed by atoms with van der Waals surface area (Å²) in [6, 6.07) is 23.0. The van der Waals surface area contributed by atoms with Gasteiger partial charge in [0.2, 0.25) is 0 Å². The Labute approximate surface area is 234 Å². The fourth-order valence-electron chi connectivity index (χ4n) is 5.30. The number of hydrogen-bond donors (Lipinski definition) is 0. The van der Waals surface area contributed by atoms with E-state index in [1.807, 2.05) is 30.3 Å². The summed E-state index contributed by atoms with van der Waals surface area (Å²) >= 11 is 0. The lowest BCUT2D eigenvalue weighted by molar-refractivity contribution is 0.0460. The van der Waals surface area contributed by atoms with Crippen LogP contribution in [0.5, 0.6) is 17.2 Å². The van der Waals surface area contributed by atoms with E-state index in [2.05, 4.69) is 51.6 Å². The number of hydrogen-bond acceptors (Lipinski definition) is 4. The van der Waals surface area contributed by atoms with Gasteiger partial charge in [-0.2, -0.15) is 0 Å². The molecule has 0 saturated heterocycles. The van der Waals surface area contributed by atoms with Crippen molar-refractivity contribution in [3.8, 4) is 28.4 Å². The number of allylic oxidation sites excluding steroid dienone is 1. The van der Waals surface area contributed by atoms with E-state index < -0.39 is 5.97 Å². The van der Waals surface area contributed by atoms with Crippen LogP contribution in [0.3, 0.4) is 0 Å². The Morgan fingerprint density at radius 3 is 2.10 bits per heavy atom. The molecular formula is C35H42O4. The molecule has 4 nitrogen and oxygen atoms in total. The molecular weight excluding hydrogens is 484 g/mol. The van der Waals surface area contributed by atoms with E-state index in [9.17, 15) is 4.79 Å². The van der Waals surface area contributed by atoms with Gasteiger partial charge in [-0.05, 0) is 110 Å². The molecule has 0 N–H and O–H groups in total. The highest BCUT2D eigenvalue weighted by Crippen LogP contribution is 2.36. The lowest BCUT2D eigenvalue weighted by Gasteiger charge is -2.37. The summed E-state index contributed by atoms with van der Waals surface area (Å²) in [5.41, 5.74) is 2.64. The van der Waals surface area contributed by atoms with Gasteiger partial charge in [0.1, 0.15) is 23.4 Å². The van der Waals surface area contributed by atoms with Crippen LogP contribution in [0.25, 0.3) is 11.1 Å². The summed E-state index contributed by atoms with van der Waals surface area (Å²) in [5, 5.41) is 0. The number of carbonyl (C=O) groups excluding carboxylic acids is 1. The molecule has 0 radical (unpaired) electrons. The fourth-order valence-corrected chi connectivity index (χ4v) is 5.30. The lowest BCUT2D eigenvalue weighted by atomic mass is 9.75. The predicted octanol–water partition coefficient (Wildman–Crippen LogP) is 9.15. The molecule has 3 aromatic rings. The van der Waals surface area contributed by atoms with Crippen LogP contribution in [0, 0.1) is 17.8 Å². The Kier molecular flexibility index (Phi) is 10.2. The molecule has 1 fully saturated rings. The highest BCUT2D eigenvalue weighted by Gasteiger charge is 2.32. The Balaban J connectivity index is 1.30. The lowest BCUT2D eigenvalue weighted by Crippen LogP contribution is -2.36. The molecule has 1 saturated carbocycles. The first kappa shape index (κ1) is 28.5. The minimum Gasteiger partial charge on any atom is -0.494 e. The van der Waals surface area contributed by atoms with Crippen LogP contribution in [0.15, 0.2) is 85.5 Å². The molecule has 0 heterocycles. The second kappa shape index (κ2) is 14.0. The van der Waals surface area contributed by atoms with E-state index in [1.165, 1.54) is 12.8 Å². The highest BCUT2D eigenvalue weighted by atomic mass is 16.5. The van der Waals surface area contributed by atoms with Gasteiger partial charge in [0.15, 0.2) is 0 Å². The molecule has 0 unspecified atom stereocenters. The van der Waals surface area contributed by atoms with Crippen LogP contribution in [-0.4, -0.2) is 18.7 Å². The van der Waals surface area contributed by atoms with Gasteiger partial charge in [0.25, 0.3) is 0 Å². The first-order chi connectivity index (χ1) is 18.9. The van der Waals surface area contributed by atoms with Gasteiger partial charge in [-0.3, -0.25) is 0 Å². The molecule has 0 amide bonds. The molecule has 0 spiro atoms. The van der Waals surface area contributed by atoms with Gasteiger partial charge in [-0.1, -0.05) is 57.5 Å². The Morgan fingerprint density at radius 1 is 0.872 bits per heavy atom. The first-order valence-electron chi connectivity index (χ1n) is 14.4. The third-order valence-corrected chi connectivity index (χ3v) is 7.66. The van der Waals surface area contributed by atoms with Gasteiger partial charge in [0.05, 0.1) is 12.2 Å². The SMILES string of the molecule is C=CCCCCOc1ccc(C(=O)Oc2ccc(-c3ccc(O[C@H]4C[C@@H](C)CC[C@@H]4C(C)C)cc3)cc2)cc1. The van der Waals surface area contributed by atoms with Crippen molar-refractivity contribution in [1.82, 2.24) is 0 Å². The zero-order chi connectivity index (χ0) is 27.6. The number of ether oxygens (including phenoxy) is 3. The number of rotatable bonds is 12. The van der Waals surface area contributed by atoms with Crippen molar-refractivity contribution in [2.75, 3.05) is 6.61 Å². The van der Waals surface area contributed by atoms with Crippen LogP contribution in [0.1, 0.15) is 69.7 Å². The highest BCUT2D eigenvalue weighted by molar-refractivity contribution is 5.91. The van der Waals surface area contributed by atoms with E-state index >= 15 is 0 Å². The van der Waals surface area contributed by atoms with Crippen LogP contribution in [0.4, 0.5) is 0 Å². The van der Waals surface area contributed by atoms with E-state index in [1.54, 1.807) is 24.3 Å². The molecule has 0 aliphatic heterocycles. The fraction of sp³-hybridized carbons (Fsp3) is 0.400. The topological polar surface area (TPSA) is 44.8 Å². The van der Waals surface area contributed by atoms with Gasteiger partial charge in [0, 0.05) is 0 Å². The van der Waals surface area contributed by atoms with Crippen LogP contribution < -0.4 is 14.2 Å². The molecule has 3 aromatic carbocycles. The molecule has 0 bridgehead atoms. The van der Waals surface area contributed by atoms with Crippen molar-refractivity contribution < 1.29 is 19.0 Å². The van der Waals surface area contributed by atoms with E-state index in [-0.39, 0.29) is 6.10 Å². The summed E-state index contributed by atoms with van der Waals surface area (Å²) in [7, 11) is 0. The van der Waals surface area contributed by atoms with Gasteiger partial charge >= 0.3 is 5.97 Å². The predicted molar refractivity (Wildman–Crippen MR) is 159 cm³/mol. The molecule has 206 valence electrons. The standard InChI is InChI=1S/C35H42O4/c1-5-6-7-8-23-37-30-16-14-29(15-17-30)35(36)39-32-20-12-28(13-21-32)27-10-18-31(19-11-27)38-34-24-26(4)9-22-33(34)25(2)3/h5,10-21,25-26,33-34H,1,6-9,22-24H2,2-4H3/t26-,33+,34-/m0/s1. The minimum absolute atomic E-state index is 0.282. The molecule has 4 rings (SSSR count). The quantitative estimate of drug-likeness (QED) is 0.102. The summed E-state index contributed by atoms with van der Waals surface area (Å²) in [6.07, 6.45) is 8.90.